The van der Waals surface area contributed by atoms with Crippen molar-refractivity contribution in [3.63, 3.8) is 0 Å². The van der Waals surface area contributed by atoms with E-state index in [2.05, 4.69) is 6.92 Å². The molecule has 1 N–H and O–H groups in total. The third-order valence-electron chi connectivity index (χ3n) is 3.41. The zero-order valence-electron chi connectivity index (χ0n) is 14.8. The van der Waals surface area contributed by atoms with Gasteiger partial charge in [-0.2, -0.15) is 0 Å². The number of rotatable bonds is 8. The number of unbranched alkanes of at least 4 members (excludes halogenated alkanes) is 3. The summed E-state index contributed by atoms with van der Waals surface area (Å²) in [6.45, 7) is 2.99. The van der Waals surface area contributed by atoms with Crippen molar-refractivity contribution in [1.29, 1.82) is 0 Å². The maximum atomic E-state index is 8.99. The van der Waals surface area contributed by atoms with E-state index >= 15 is 0 Å². The van der Waals surface area contributed by atoms with Crippen LogP contribution in [0.3, 0.4) is 0 Å². The van der Waals surface area contributed by atoms with Crippen LogP contribution in [0, 0.1) is 0 Å². The number of aromatic hydroxyl groups is 1. The summed E-state index contributed by atoms with van der Waals surface area (Å²) in [4.78, 5) is 0. The normalized spacial score (nSPS) is 9.62. The molecule has 0 saturated carbocycles. The second kappa shape index (κ2) is 12.1. The predicted octanol–water partition coefficient (Wildman–Crippen LogP) is 5.06. The van der Waals surface area contributed by atoms with Gasteiger partial charge in [-0.15, -0.1) is 0 Å². The summed E-state index contributed by atoms with van der Waals surface area (Å²) in [5.41, 5.74) is 0. The maximum absolute atomic E-state index is 8.99. The van der Waals surface area contributed by atoms with Crippen LogP contribution in [-0.2, 0) is 0 Å². The molecule has 2 aromatic rings. The highest BCUT2D eigenvalue weighted by molar-refractivity contribution is 5.39. The summed E-state index contributed by atoms with van der Waals surface area (Å²) in [6.07, 6.45) is 4.90. The monoisotopic (exact) mass is 332 g/mol. The van der Waals surface area contributed by atoms with Crippen LogP contribution in [-0.4, -0.2) is 25.9 Å². The Hall–Kier alpha value is -2.36. The molecule has 24 heavy (non-hydrogen) atoms. The third kappa shape index (κ3) is 7.27. The van der Waals surface area contributed by atoms with Gasteiger partial charge in [-0.1, -0.05) is 50.5 Å². The smallest absolute Gasteiger partial charge is 0.161 e. The van der Waals surface area contributed by atoms with Crippen molar-refractivity contribution in [3.05, 3.63) is 48.5 Å². The first-order chi connectivity index (χ1) is 11.7. The van der Waals surface area contributed by atoms with Gasteiger partial charge in [0.2, 0.25) is 0 Å². The molecule has 4 heteroatoms. The molecule has 0 aliphatic rings. The van der Waals surface area contributed by atoms with Crippen molar-refractivity contribution < 1.29 is 19.3 Å². The summed E-state index contributed by atoms with van der Waals surface area (Å²) in [5.74, 6) is 2.35. The zero-order valence-corrected chi connectivity index (χ0v) is 14.8. The van der Waals surface area contributed by atoms with Crippen LogP contribution in [0.5, 0.6) is 23.0 Å². The Morgan fingerprint density at radius 2 is 1.33 bits per heavy atom. The Kier molecular flexibility index (Phi) is 9.93. The molecule has 0 bridgehead atoms. The summed E-state index contributed by atoms with van der Waals surface area (Å²) in [7, 11) is 3.19. The fourth-order valence-electron chi connectivity index (χ4n) is 2.08. The number of hydrogen-bond donors (Lipinski definition) is 1. The lowest BCUT2D eigenvalue weighted by molar-refractivity contribution is 0.285. The van der Waals surface area contributed by atoms with E-state index in [0.717, 1.165) is 24.5 Å². The quantitative estimate of drug-likeness (QED) is 0.687. The molecule has 0 amide bonds. The second-order valence-electron chi connectivity index (χ2n) is 5.23. The Labute approximate surface area is 145 Å². The first-order valence-electron chi connectivity index (χ1n) is 8.30. The van der Waals surface area contributed by atoms with E-state index in [9.17, 15) is 0 Å². The summed E-state index contributed by atoms with van der Waals surface area (Å²) in [5, 5.41) is 8.99. The van der Waals surface area contributed by atoms with Crippen molar-refractivity contribution in [3.8, 4) is 23.0 Å². The third-order valence-corrected chi connectivity index (χ3v) is 3.41. The molecule has 0 heterocycles. The highest BCUT2D eigenvalue weighted by Crippen LogP contribution is 2.26. The minimum absolute atomic E-state index is 0.181. The van der Waals surface area contributed by atoms with Gasteiger partial charge in [-0.25, -0.2) is 0 Å². The molecule has 0 aromatic heterocycles. The van der Waals surface area contributed by atoms with Crippen LogP contribution in [0.25, 0.3) is 0 Å². The van der Waals surface area contributed by atoms with Gasteiger partial charge in [-0.05, 0) is 30.7 Å². The molecular formula is C20H28O4. The van der Waals surface area contributed by atoms with Crippen LogP contribution < -0.4 is 14.2 Å². The van der Waals surface area contributed by atoms with Gasteiger partial charge in [0.25, 0.3) is 0 Å². The van der Waals surface area contributed by atoms with Gasteiger partial charge < -0.3 is 19.3 Å². The summed E-state index contributed by atoms with van der Waals surface area (Å²) >= 11 is 0. The van der Waals surface area contributed by atoms with Gasteiger partial charge in [0.15, 0.2) is 23.0 Å². The van der Waals surface area contributed by atoms with Crippen LogP contribution in [0.4, 0.5) is 0 Å². The van der Waals surface area contributed by atoms with Crippen LogP contribution >= 0.6 is 0 Å². The molecular weight excluding hydrogens is 304 g/mol. The van der Waals surface area contributed by atoms with Gasteiger partial charge in [-0.3, -0.25) is 0 Å². The molecule has 2 aromatic carbocycles. The zero-order chi connectivity index (χ0) is 17.6. The van der Waals surface area contributed by atoms with Crippen molar-refractivity contribution in [1.82, 2.24) is 0 Å². The van der Waals surface area contributed by atoms with E-state index in [1.165, 1.54) is 26.4 Å². The highest BCUT2D eigenvalue weighted by atomic mass is 16.5. The summed E-state index contributed by atoms with van der Waals surface area (Å²) in [6, 6.07) is 14.6. The van der Waals surface area contributed by atoms with E-state index in [0.29, 0.717) is 5.75 Å². The van der Waals surface area contributed by atoms with Gasteiger partial charge in [0, 0.05) is 0 Å². The standard InChI is InChI=1S/C13H20O2.C7H8O2/c1-3-4-5-8-11-15-13-10-7-6-9-12(13)14-2;1-9-7-5-3-2-4-6(7)8/h6-7,9-10H,3-5,8,11H2,1-2H3;2-5,8H,1H3. The molecule has 0 fully saturated rings. The number of para-hydroxylation sites is 4. The Balaban J connectivity index is 0.000000272. The molecule has 2 rings (SSSR count). The minimum atomic E-state index is 0.181. The van der Waals surface area contributed by atoms with Crippen molar-refractivity contribution in [2.75, 3.05) is 20.8 Å². The van der Waals surface area contributed by atoms with Gasteiger partial charge in [0.1, 0.15) is 0 Å². The van der Waals surface area contributed by atoms with E-state index in [4.69, 9.17) is 19.3 Å². The fraction of sp³-hybridized carbons (Fsp3) is 0.400. The average Bonchev–Trinajstić information content (AvgIpc) is 2.63. The van der Waals surface area contributed by atoms with Crippen molar-refractivity contribution in [2.45, 2.75) is 32.6 Å². The number of ether oxygens (including phenoxy) is 3. The number of benzene rings is 2. The highest BCUT2D eigenvalue weighted by Gasteiger charge is 2.01. The second-order valence-corrected chi connectivity index (χ2v) is 5.23. The number of phenolic OH excluding ortho intramolecular Hbond substituents is 1. The van der Waals surface area contributed by atoms with Gasteiger partial charge in [0.05, 0.1) is 20.8 Å². The SMILES string of the molecule is CCCCCCOc1ccccc1OC.COc1ccccc1O. The fourth-order valence-corrected chi connectivity index (χ4v) is 2.08. The Morgan fingerprint density at radius 3 is 1.88 bits per heavy atom. The molecule has 0 radical (unpaired) electrons. The number of methoxy groups -OCH3 is 2. The maximum Gasteiger partial charge on any atom is 0.161 e. The molecule has 0 aliphatic carbocycles. The van der Waals surface area contributed by atoms with Crippen LogP contribution in [0.2, 0.25) is 0 Å². The first kappa shape index (κ1) is 19.7. The van der Waals surface area contributed by atoms with E-state index in [1.807, 2.05) is 24.3 Å². The van der Waals surface area contributed by atoms with E-state index < -0.39 is 0 Å². The molecule has 132 valence electrons. The Bertz CT molecular complexity index is 569. The minimum Gasteiger partial charge on any atom is -0.504 e. The average molecular weight is 332 g/mol. The molecule has 0 atom stereocenters. The Morgan fingerprint density at radius 1 is 0.750 bits per heavy atom. The molecule has 4 nitrogen and oxygen atoms in total. The lowest BCUT2D eigenvalue weighted by Crippen LogP contribution is -1.98. The van der Waals surface area contributed by atoms with Crippen LogP contribution in [0.15, 0.2) is 48.5 Å². The van der Waals surface area contributed by atoms with Crippen LogP contribution in [0.1, 0.15) is 32.6 Å². The lowest BCUT2D eigenvalue weighted by Gasteiger charge is -2.09. The van der Waals surface area contributed by atoms with E-state index in [-0.39, 0.29) is 5.75 Å². The van der Waals surface area contributed by atoms with Gasteiger partial charge >= 0.3 is 0 Å². The molecule has 0 aliphatic heterocycles. The first-order valence-corrected chi connectivity index (χ1v) is 8.30. The number of hydrogen-bond acceptors (Lipinski definition) is 4. The largest absolute Gasteiger partial charge is 0.504 e. The molecule has 0 unspecified atom stereocenters. The van der Waals surface area contributed by atoms with Crippen molar-refractivity contribution in [2.24, 2.45) is 0 Å². The number of phenols is 1. The molecule has 0 spiro atoms. The predicted molar refractivity (Wildman–Crippen MR) is 97.3 cm³/mol. The summed E-state index contributed by atoms with van der Waals surface area (Å²) < 4.78 is 15.6. The van der Waals surface area contributed by atoms with Crippen molar-refractivity contribution >= 4 is 0 Å². The van der Waals surface area contributed by atoms with E-state index in [1.54, 1.807) is 31.4 Å². The lowest BCUT2D eigenvalue weighted by atomic mass is 10.2. The topological polar surface area (TPSA) is 47.9 Å². The molecule has 0 saturated heterocycles.